The SMILES string of the molecule is Cl.Nn1cnnc1.[H-].[Na+]. The normalized spacial score (nSPS) is 6.50. The Morgan fingerprint density at radius 3 is 1.88 bits per heavy atom. The molecule has 0 atom stereocenters. The Morgan fingerprint density at radius 2 is 1.75 bits per heavy atom. The fourth-order valence-electron chi connectivity index (χ4n) is 0.209. The fraction of sp³-hybridized carbons (Fsp3) is 0. The molecule has 1 heterocycles. The summed E-state index contributed by atoms with van der Waals surface area (Å²) in [6.07, 6.45) is 2.83. The molecule has 1 aromatic rings. The molecule has 2 N–H and O–H groups in total. The summed E-state index contributed by atoms with van der Waals surface area (Å²) in [4.78, 5) is 0. The maximum absolute atomic E-state index is 5.07. The molecule has 1 rings (SSSR count). The quantitative estimate of drug-likeness (QED) is 0.304. The summed E-state index contributed by atoms with van der Waals surface area (Å²) in [5.74, 6) is 5.07. The molecule has 0 aliphatic rings. The van der Waals surface area contributed by atoms with E-state index >= 15 is 0 Å². The first-order valence-corrected chi connectivity index (χ1v) is 1.49. The minimum Gasteiger partial charge on any atom is -1.00 e. The van der Waals surface area contributed by atoms with Gasteiger partial charge in [0, 0.05) is 0 Å². The van der Waals surface area contributed by atoms with E-state index in [2.05, 4.69) is 10.2 Å². The zero-order chi connectivity index (χ0) is 4.41. The van der Waals surface area contributed by atoms with E-state index in [9.17, 15) is 0 Å². The molecule has 0 fully saturated rings. The molecule has 0 aliphatic carbocycles. The Hall–Kier alpha value is 0.230. The van der Waals surface area contributed by atoms with Crippen molar-refractivity contribution in [2.24, 2.45) is 0 Å². The van der Waals surface area contributed by atoms with Gasteiger partial charge in [0.15, 0.2) is 0 Å². The molecular formula is C2H6ClN4Na. The molecule has 0 spiro atoms. The van der Waals surface area contributed by atoms with Crippen molar-refractivity contribution in [1.82, 2.24) is 14.9 Å². The van der Waals surface area contributed by atoms with Crippen LogP contribution in [-0.2, 0) is 0 Å². The Labute approximate surface area is 76.6 Å². The molecule has 6 heteroatoms. The minimum absolute atomic E-state index is 0. The van der Waals surface area contributed by atoms with Crippen molar-refractivity contribution >= 4 is 12.4 Å². The zero-order valence-electron chi connectivity index (χ0n) is 5.48. The Bertz CT molecular complexity index is 122. The Kier molecular flexibility index (Phi) is 7.44. The monoisotopic (exact) mass is 144 g/mol. The molecule has 0 aromatic carbocycles. The number of hydrogen-bond acceptors (Lipinski definition) is 3. The summed E-state index contributed by atoms with van der Waals surface area (Å²) in [5, 5.41) is 6.82. The van der Waals surface area contributed by atoms with E-state index in [0.717, 1.165) is 0 Å². The molecule has 0 saturated heterocycles. The van der Waals surface area contributed by atoms with Crippen LogP contribution in [0.5, 0.6) is 0 Å². The fourth-order valence-corrected chi connectivity index (χ4v) is 0.209. The van der Waals surface area contributed by atoms with Crippen LogP contribution in [0.15, 0.2) is 12.7 Å². The van der Waals surface area contributed by atoms with E-state index in [0.29, 0.717) is 0 Å². The summed E-state index contributed by atoms with van der Waals surface area (Å²) in [7, 11) is 0. The second kappa shape index (κ2) is 5.37. The molecule has 8 heavy (non-hydrogen) atoms. The van der Waals surface area contributed by atoms with Crippen molar-refractivity contribution in [1.29, 1.82) is 0 Å². The van der Waals surface area contributed by atoms with Crippen molar-refractivity contribution in [2.45, 2.75) is 0 Å². The predicted octanol–water partition coefficient (Wildman–Crippen LogP) is -3.47. The first-order valence-electron chi connectivity index (χ1n) is 1.49. The van der Waals surface area contributed by atoms with Gasteiger partial charge in [-0.2, -0.15) is 0 Å². The van der Waals surface area contributed by atoms with Crippen LogP contribution in [0.2, 0.25) is 0 Å². The van der Waals surface area contributed by atoms with Gasteiger partial charge in [-0.3, -0.25) is 0 Å². The van der Waals surface area contributed by atoms with Gasteiger partial charge in [-0.15, -0.1) is 22.6 Å². The second-order valence-corrected chi connectivity index (χ2v) is 0.909. The standard InChI is InChI=1S/C2H4N4.ClH.Na.H/c3-6-1-4-5-2-6;;;/h1-2H,3H2;1H;;/q;;+1;-1. The first kappa shape index (κ1) is 11.1. The van der Waals surface area contributed by atoms with Gasteiger partial charge in [0.1, 0.15) is 12.7 Å². The van der Waals surface area contributed by atoms with E-state index < -0.39 is 0 Å². The summed E-state index contributed by atoms with van der Waals surface area (Å²) in [6.45, 7) is 0. The van der Waals surface area contributed by atoms with Crippen LogP contribution in [0.1, 0.15) is 1.43 Å². The van der Waals surface area contributed by atoms with Gasteiger partial charge in [-0.05, 0) is 0 Å². The first-order chi connectivity index (χ1) is 2.89. The van der Waals surface area contributed by atoms with Gasteiger partial charge in [0.2, 0.25) is 0 Å². The van der Waals surface area contributed by atoms with Gasteiger partial charge in [0.25, 0.3) is 0 Å². The molecule has 42 valence electrons. The van der Waals surface area contributed by atoms with Gasteiger partial charge in [0.05, 0.1) is 0 Å². The third kappa shape index (κ3) is 3.26. The smallest absolute Gasteiger partial charge is 1.00 e. The van der Waals surface area contributed by atoms with Gasteiger partial charge < -0.3 is 7.27 Å². The van der Waals surface area contributed by atoms with Crippen molar-refractivity contribution in [3.63, 3.8) is 0 Å². The molecular weight excluding hydrogens is 138 g/mol. The van der Waals surface area contributed by atoms with E-state index in [1.165, 1.54) is 17.3 Å². The second-order valence-electron chi connectivity index (χ2n) is 0.909. The number of nitrogens with zero attached hydrogens (tertiary/aromatic N) is 3. The van der Waals surface area contributed by atoms with Gasteiger partial charge >= 0.3 is 29.6 Å². The summed E-state index contributed by atoms with van der Waals surface area (Å²) in [6, 6.07) is 0. The van der Waals surface area contributed by atoms with Gasteiger partial charge in [-0.1, -0.05) is 0 Å². The van der Waals surface area contributed by atoms with Crippen LogP contribution in [0.25, 0.3) is 0 Å². The number of rotatable bonds is 0. The molecule has 0 saturated carbocycles. The maximum atomic E-state index is 5.07. The average molecular weight is 145 g/mol. The molecule has 0 amide bonds. The summed E-state index contributed by atoms with van der Waals surface area (Å²) >= 11 is 0. The van der Waals surface area contributed by atoms with Crippen LogP contribution in [0, 0.1) is 0 Å². The topological polar surface area (TPSA) is 56.7 Å². The van der Waals surface area contributed by atoms with Crippen molar-refractivity contribution < 1.29 is 31.0 Å². The van der Waals surface area contributed by atoms with E-state index in [-0.39, 0.29) is 43.4 Å². The van der Waals surface area contributed by atoms with E-state index in [1.807, 2.05) is 0 Å². The predicted molar refractivity (Wildman–Crippen MR) is 28.5 cm³/mol. The van der Waals surface area contributed by atoms with Crippen molar-refractivity contribution in [3.05, 3.63) is 12.7 Å². The maximum Gasteiger partial charge on any atom is 1.00 e. The third-order valence-corrected chi connectivity index (χ3v) is 0.437. The average Bonchev–Trinajstić information content (AvgIpc) is 1.86. The minimum atomic E-state index is 0. The number of nitrogen functional groups attached to an aromatic ring is 1. The molecule has 1 aromatic heterocycles. The Balaban J connectivity index is -0.000000120. The van der Waals surface area contributed by atoms with Crippen molar-refractivity contribution in [3.8, 4) is 0 Å². The zero-order valence-corrected chi connectivity index (χ0v) is 7.30. The molecule has 0 unspecified atom stereocenters. The molecule has 0 radical (unpaired) electrons. The number of hydrogen-bond donors (Lipinski definition) is 1. The van der Waals surface area contributed by atoms with E-state index in [4.69, 9.17) is 5.84 Å². The number of nitrogens with two attached hydrogens (primary N) is 1. The summed E-state index contributed by atoms with van der Waals surface area (Å²) in [5.41, 5.74) is 0. The Morgan fingerprint density at radius 1 is 1.38 bits per heavy atom. The molecule has 4 nitrogen and oxygen atoms in total. The molecule has 0 aliphatic heterocycles. The van der Waals surface area contributed by atoms with Gasteiger partial charge in [-0.25, -0.2) is 4.68 Å². The van der Waals surface area contributed by atoms with Crippen LogP contribution in [0.4, 0.5) is 0 Å². The van der Waals surface area contributed by atoms with Crippen LogP contribution in [-0.4, -0.2) is 14.9 Å². The third-order valence-electron chi connectivity index (χ3n) is 0.437. The number of halogens is 1. The summed E-state index contributed by atoms with van der Waals surface area (Å²) < 4.78 is 1.28. The van der Waals surface area contributed by atoms with E-state index in [1.54, 1.807) is 0 Å². The largest absolute Gasteiger partial charge is 1.00 e. The number of aromatic nitrogens is 3. The van der Waals surface area contributed by atoms with Crippen LogP contribution in [0.3, 0.4) is 0 Å². The van der Waals surface area contributed by atoms with Crippen LogP contribution < -0.4 is 35.4 Å². The molecule has 0 bridgehead atoms. The van der Waals surface area contributed by atoms with Crippen molar-refractivity contribution in [2.75, 3.05) is 5.84 Å². The van der Waals surface area contributed by atoms with Crippen LogP contribution >= 0.6 is 12.4 Å².